The minimum atomic E-state index is -0.345. The van der Waals surface area contributed by atoms with Crippen molar-refractivity contribution in [2.75, 3.05) is 61.6 Å². The highest BCUT2D eigenvalue weighted by Gasteiger charge is 2.22. The van der Waals surface area contributed by atoms with E-state index in [9.17, 15) is 4.39 Å². The summed E-state index contributed by atoms with van der Waals surface area (Å²) < 4.78 is 24.7. The number of ether oxygens (including phenoxy) is 2. The van der Waals surface area contributed by atoms with Crippen LogP contribution in [0.15, 0.2) is 42.5 Å². The Morgan fingerprint density at radius 1 is 1.09 bits per heavy atom. The van der Waals surface area contributed by atoms with E-state index in [2.05, 4.69) is 21.2 Å². The van der Waals surface area contributed by atoms with Gasteiger partial charge in [-0.15, -0.1) is 0 Å². The van der Waals surface area contributed by atoms with Gasteiger partial charge in [-0.25, -0.2) is 9.37 Å². The van der Waals surface area contributed by atoms with E-state index in [0.717, 1.165) is 80.5 Å². The van der Waals surface area contributed by atoms with Crippen LogP contribution < -0.4 is 19.9 Å². The van der Waals surface area contributed by atoms with Crippen molar-refractivity contribution in [1.29, 1.82) is 0 Å². The normalized spacial score (nSPS) is 18.9. The molecule has 1 unspecified atom stereocenters. The Balaban J connectivity index is 1.32. The van der Waals surface area contributed by atoms with Crippen LogP contribution in [0.1, 0.15) is 12.8 Å². The van der Waals surface area contributed by atoms with Gasteiger partial charge in [-0.05, 0) is 37.1 Å². The molecule has 0 spiro atoms. The third-order valence-corrected chi connectivity index (χ3v) is 6.17. The molecule has 1 N–H and O–H groups in total. The van der Waals surface area contributed by atoms with Gasteiger partial charge < -0.3 is 24.6 Å². The monoisotopic (exact) mass is 437 g/mol. The number of hydrogen-bond acceptors (Lipinski definition) is 7. The topological polar surface area (TPSA) is 62.8 Å². The van der Waals surface area contributed by atoms with Crippen LogP contribution in [0, 0.1) is 5.82 Å². The molecule has 0 bridgehead atoms. The molecule has 168 valence electrons. The molecule has 3 aromatic rings. The number of benzene rings is 2. The molecule has 3 heterocycles. The fourth-order valence-electron chi connectivity index (χ4n) is 4.37. The Kier molecular flexibility index (Phi) is 5.94. The van der Waals surface area contributed by atoms with Crippen molar-refractivity contribution in [3.8, 4) is 5.75 Å². The minimum Gasteiger partial charge on any atom is -0.494 e. The van der Waals surface area contributed by atoms with Crippen LogP contribution >= 0.6 is 0 Å². The Hall–Kier alpha value is -3.13. The zero-order valence-corrected chi connectivity index (χ0v) is 18.3. The van der Waals surface area contributed by atoms with Crippen LogP contribution in [0.4, 0.5) is 21.8 Å². The molecule has 2 aliphatic rings. The van der Waals surface area contributed by atoms with Crippen molar-refractivity contribution < 1.29 is 13.9 Å². The third kappa shape index (κ3) is 4.27. The molecule has 1 aromatic heterocycles. The van der Waals surface area contributed by atoms with Gasteiger partial charge in [-0.1, -0.05) is 12.1 Å². The number of halogens is 1. The molecule has 2 fully saturated rings. The summed E-state index contributed by atoms with van der Waals surface area (Å²) in [6, 6.07) is 13.1. The summed E-state index contributed by atoms with van der Waals surface area (Å²) in [6.07, 6.45) is 2.44. The summed E-state index contributed by atoms with van der Waals surface area (Å²) in [5.41, 5.74) is 1.89. The summed E-state index contributed by atoms with van der Waals surface area (Å²) in [4.78, 5) is 14.2. The molecular weight excluding hydrogens is 409 g/mol. The first-order valence-corrected chi connectivity index (χ1v) is 11.2. The van der Waals surface area contributed by atoms with Gasteiger partial charge in [0.05, 0.1) is 18.7 Å². The van der Waals surface area contributed by atoms with E-state index in [1.807, 2.05) is 18.2 Å². The molecular formula is C24H28FN5O2. The number of methoxy groups -OCH3 is 1. The second kappa shape index (κ2) is 9.16. The molecule has 0 radical (unpaired) electrons. The van der Waals surface area contributed by atoms with Gasteiger partial charge >= 0.3 is 0 Å². The van der Waals surface area contributed by atoms with Gasteiger partial charge in [-0.3, -0.25) is 0 Å². The highest BCUT2D eigenvalue weighted by molar-refractivity contribution is 5.90. The zero-order chi connectivity index (χ0) is 21.9. The van der Waals surface area contributed by atoms with E-state index >= 15 is 0 Å². The smallest absolute Gasteiger partial charge is 0.228 e. The molecule has 0 saturated carbocycles. The van der Waals surface area contributed by atoms with E-state index in [1.165, 1.54) is 13.2 Å². The van der Waals surface area contributed by atoms with E-state index in [-0.39, 0.29) is 17.7 Å². The van der Waals surface area contributed by atoms with Crippen LogP contribution in [0.25, 0.3) is 10.9 Å². The lowest BCUT2D eigenvalue weighted by molar-refractivity contribution is 0.120. The standard InChI is InChI=1S/C24H28FN5O2/c1-31-22-15-17(8-9-20(22)25)29-10-12-30(13-11-29)24-27-21-7-3-2-6-19(21)23(28-24)26-16-18-5-4-14-32-18/h2-3,6-9,15,18H,4-5,10-14,16H2,1H3,(H,26,27,28). The van der Waals surface area contributed by atoms with Gasteiger partial charge in [0.2, 0.25) is 5.95 Å². The zero-order valence-electron chi connectivity index (χ0n) is 18.3. The first-order chi connectivity index (χ1) is 15.7. The van der Waals surface area contributed by atoms with Crippen LogP contribution in [0.2, 0.25) is 0 Å². The van der Waals surface area contributed by atoms with Crippen molar-refractivity contribution >= 4 is 28.4 Å². The summed E-state index contributed by atoms with van der Waals surface area (Å²) in [7, 11) is 1.49. The average Bonchev–Trinajstić information content (AvgIpc) is 3.36. The van der Waals surface area contributed by atoms with Crippen LogP contribution in [-0.4, -0.2) is 62.5 Å². The Labute approximate surface area is 187 Å². The summed E-state index contributed by atoms with van der Waals surface area (Å²) in [6.45, 7) is 4.74. The summed E-state index contributed by atoms with van der Waals surface area (Å²) >= 11 is 0. The fourth-order valence-corrected chi connectivity index (χ4v) is 4.37. The molecule has 32 heavy (non-hydrogen) atoms. The Morgan fingerprint density at radius 2 is 1.91 bits per heavy atom. The third-order valence-electron chi connectivity index (χ3n) is 6.17. The Morgan fingerprint density at radius 3 is 2.69 bits per heavy atom. The highest BCUT2D eigenvalue weighted by Crippen LogP contribution is 2.28. The van der Waals surface area contributed by atoms with Crippen molar-refractivity contribution in [1.82, 2.24) is 9.97 Å². The number of nitrogens with zero attached hydrogens (tertiary/aromatic N) is 4. The first kappa shape index (κ1) is 20.8. The minimum absolute atomic E-state index is 0.239. The van der Waals surface area contributed by atoms with Crippen LogP contribution in [0.5, 0.6) is 5.75 Å². The van der Waals surface area contributed by atoms with Crippen molar-refractivity contribution in [3.05, 3.63) is 48.3 Å². The van der Waals surface area contributed by atoms with Gasteiger partial charge in [0, 0.05) is 56.5 Å². The lowest BCUT2D eigenvalue weighted by atomic mass is 10.2. The number of aromatic nitrogens is 2. The summed E-state index contributed by atoms with van der Waals surface area (Å²) in [5, 5.41) is 4.52. The lowest BCUT2D eigenvalue weighted by Crippen LogP contribution is -2.47. The molecule has 2 aliphatic heterocycles. The molecule has 8 heteroatoms. The average molecular weight is 438 g/mol. The van der Waals surface area contributed by atoms with E-state index in [0.29, 0.717) is 0 Å². The Bertz CT molecular complexity index is 1080. The van der Waals surface area contributed by atoms with Crippen molar-refractivity contribution in [2.45, 2.75) is 18.9 Å². The van der Waals surface area contributed by atoms with Crippen LogP contribution in [-0.2, 0) is 4.74 Å². The number of piperazine rings is 1. The maximum atomic E-state index is 13.8. The number of para-hydroxylation sites is 1. The number of fused-ring (bicyclic) bond motifs is 1. The summed E-state index contributed by atoms with van der Waals surface area (Å²) in [5.74, 6) is 1.51. The lowest BCUT2D eigenvalue weighted by Gasteiger charge is -2.36. The maximum Gasteiger partial charge on any atom is 0.228 e. The molecule has 2 aromatic carbocycles. The second-order valence-electron chi connectivity index (χ2n) is 8.20. The second-order valence-corrected chi connectivity index (χ2v) is 8.20. The molecule has 0 aliphatic carbocycles. The molecule has 5 rings (SSSR count). The largest absolute Gasteiger partial charge is 0.494 e. The molecule has 7 nitrogen and oxygen atoms in total. The first-order valence-electron chi connectivity index (χ1n) is 11.2. The van der Waals surface area contributed by atoms with E-state index < -0.39 is 0 Å². The maximum absolute atomic E-state index is 13.8. The predicted octanol–water partition coefficient (Wildman–Crippen LogP) is 3.70. The predicted molar refractivity (Wildman–Crippen MR) is 124 cm³/mol. The number of anilines is 3. The quantitative estimate of drug-likeness (QED) is 0.631. The van der Waals surface area contributed by atoms with E-state index in [4.69, 9.17) is 19.4 Å². The molecule has 0 amide bonds. The number of nitrogens with one attached hydrogen (secondary N) is 1. The number of rotatable bonds is 6. The molecule has 2 saturated heterocycles. The van der Waals surface area contributed by atoms with Gasteiger partial charge in [-0.2, -0.15) is 4.98 Å². The van der Waals surface area contributed by atoms with Crippen molar-refractivity contribution in [3.63, 3.8) is 0 Å². The van der Waals surface area contributed by atoms with Gasteiger partial charge in [0.25, 0.3) is 0 Å². The SMILES string of the molecule is COc1cc(N2CCN(c3nc(NCC4CCCO4)c4ccccc4n3)CC2)ccc1F. The fraction of sp³-hybridized carbons (Fsp3) is 0.417. The van der Waals surface area contributed by atoms with Crippen LogP contribution in [0.3, 0.4) is 0 Å². The van der Waals surface area contributed by atoms with Gasteiger partial charge in [0.1, 0.15) is 5.82 Å². The molecule has 1 atom stereocenters. The highest BCUT2D eigenvalue weighted by atomic mass is 19.1. The van der Waals surface area contributed by atoms with Gasteiger partial charge in [0.15, 0.2) is 11.6 Å². The van der Waals surface area contributed by atoms with Crippen molar-refractivity contribution in [2.24, 2.45) is 0 Å². The van der Waals surface area contributed by atoms with E-state index in [1.54, 1.807) is 12.1 Å². The number of hydrogen-bond donors (Lipinski definition) is 1.